The first-order chi connectivity index (χ1) is 18.3. The number of aliphatic imine (C=N–C) groups is 1. The highest BCUT2D eigenvalue weighted by Gasteiger charge is 2.22. The minimum atomic E-state index is -1.13. The Kier molecular flexibility index (Phi) is 22.6. The second-order valence-electron chi connectivity index (χ2n) is 7.19. The molecular weight excluding hydrogens is 520 g/mol. The smallest absolute Gasteiger partial charge is 0.339 e. The van der Waals surface area contributed by atoms with Crippen molar-refractivity contribution < 1.29 is 19.5 Å². The predicted molar refractivity (Wildman–Crippen MR) is 166 cm³/mol. The second-order valence-corrected chi connectivity index (χ2v) is 8.34. The highest BCUT2D eigenvalue weighted by Crippen LogP contribution is 2.35. The summed E-state index contributed by atoms with van der Waals surface area (Å²) in [5.41, 5.74) is 3.21. The van der Waals surface area contributed by atoms with Crippen LogP contribution in [0.4, 0.5) is 5.00 Å². The third-order valence-corrected chi connectivity index (χ3v) is 5.61. The number of hydrogen-bond donors (Lipinski definition) is 2. The number of hydrogen-bond acceptors (Lipinski definition) is 5. The van der Waals surface area contributed by atoms with E-state index in [0.717, 1.165) is 22.5 Å². The molecule has 1 heterocycles. The summed E-state index contributed by atoms with van der Waals surface area (Å²) in [6, 6.07) is 0. The first-order valence-corrected chi connectivity index (χ1v) is 14.3. The molecule has 1 aromatic heterocycles. The van der Waals surface area contributed by atoms with Gasteiger partial charge in [0.1, 0.15) is 16.9 Å². The van der Waals surface area contributed by atoms with Gasteiger partial charge in [-0.2, -0.15) is 0 Å². The van der Waals surface area contributed by atoms with Crippen LogP contribution in [0, 0.1) is 0 Å². The van der Waals surface area contributed by atoms with Crippen molar-refractivity contribution >= 4 is 57.4 Å². The zero-order valence-corrected chi connectivity index (χ0v) is 25.3. The number of aromatic carboxylic acids is 1. The molecule has 0 bridgehead atoms. The molecule has 0 aliphatic heterocycles. The molecule has 2 rings (SSSR count). The normalized spacial score (nSPS) is 12.5. The highest BCUT2D eigenvalue weighted by molar-refractivity contribution is 7.15. The SMILES string of the molecule is C=CC(CC=O)=N/C(=C\C)CC(=O)Nc1scc(C2=CCC=C(CCl)C=C2)c1C(=O)O.CC.CC.CCC. The Bertz CT molecular complexity index is 1050. The molecule has 0 fully saturated rings. The van der Waals surface area contributed by atoms with E-state index in [0.29, 0.717) is 35.6 Å². The van der Waals surface area contributed by atoms with Gasteiger partial charge in [-0.3, -0.25) is 9.79 Å². The lowest BCUT2D eigenvalue weighted by molar-refractivity contribution is -0.115. The summed E-state index contributed by atoms with van der Waals surface area (Å²) in [7, 11) is 0. The van der Waals surface area contributed by atoms with E-state index in [4.69, 9.17) is 11.6 Å². The van der Waals surface area contributed by atoms with E-state index in [9.17, 15) is 19.5 Å². The van der Waals surface area contributed by atoms with Crippen LogP contribution in [-0.4, -0.2) is 34.9 Å². The summed E-state index contributed by atoms with van der Waals surface area (Å²) in [5, 5.41) is 14.4. The predicted octanol–water partition coefficient (Wildman–Crippen LogP) is 8.87. The summed E-state index contributed by atoms with van der Waals surface area (Å²) in [6.45, 7) is 17.6. The molecule has 38 heavy (non-hydrogen) atoms. The van der Waals surface area contributed by atoms with E-state index >= 15 is 0 Å². The lowest BCUT2D eigenvalue weighted by Gasteiger charge is -2.07. The van der Waals surface area contributed by atoms with Crippen molar-refractivity contribution in [2.75, 3.05) is 11.2 Å². The largest absolute Gasteiger partial charge is 0.478 e. The number of nitrogens with zero attached hydrogens (tertiary/aromatic N) is 1. The Morgan fingerprint density at radius 2 is 1.82 bits per heavy atom. The molecule has 1 aliphatic rings. The minimum Gasteiger partial charge on any atom is -0.478 e. The zero-order chi connectivity index (χ0) is 29.5. The highest BCUT2D eigenvalue weighted by atomic mass is 35.5. The summed E-state index contributed by atoms with van der Waals surface area (Å²) < 4.78 is 0. The van der Waals surface area contributed by atoms with Crippen LogP contribution in [0.3, 0.4) is 0 Å². The average molecular weight is 563 g/mol. The Hall–Kier alpha value is -3.03. The van der Waals surface area contributed by atoms with Crippen molar-refractivity contribution in [1.29, 1.82) is 0 Å². The number of nitrogens with one attached hydrogen (secondary N) is 1. The Morgan fingerprint density at radius 1 is 1.18 bits per heavy atom. The van der Waals surface area contributed by atoms with Crippen molar-refractivity contribution in [3.8, 4) is 0 Å². The molecule has 8 heteroatoms. The van der Waals surface area contributed by atoms with E-state index in [1.165, 1.54) is 12.5 Å². The van der Waals surface area contributed by atoms with Gasteiger partial charge < -0.3 is 15.2 Å². The number of halogens is 1. The molecule has 0 aromatic carbocycles. The van der Waals surface area contributed by atoms with E-state index in [1.807, 2.05) is 52.0 Å². The maximum Gasteiger partial charge on any atom is 0.339 e. The minimum absolute atomic E-state index is 0.0434. The van der Waals surface area contributed by atoms with Crippen molar-refractivity contribution in [2.45, 2.75) is 74.1 Å². The van der Waals surface area contributed by atoms with Gasteiger partial charge in [-0.1, -0.05) is 84.9 Å². The summed E-state index contributed by atoms with van der Waals surface area (Å²) in [5.74, 6) is -1.15. The van der Waals surface area contributed by atoms with Crippen molar-refractivity contribution in [3.05, 3.63) is 70.8 Å². The van der Waals surface area contributed by atoms with E-state index in [2.05, 4.69) is 30.7 Å². The molecule has 6 nitrogen and oxygen atoms in total. The van der Waals surface area contributed by atoms with Gasteiger partial charge in [-0.05, 0) is 30.6 Å². The van der Waals surface area contributed by atoms with Gasteiger partial charge in [-0.15, -0.1) is 22.9 Å². The number of aldehydes is 1. The summed E-state index contributed by atoms with van der Waals surface area (Å²) in [6.07, 6.45) is 13.3. The van der Waals surface area contributed by atoms with Crippen molar-refractivity contribution in [2.24, 2.45) is 4.99 Å². The Balaban J connectivity index is 0. The number of allylic oxidation sites excluding steroid dienone is 8. The Labute approximate surface area is 237 Å². The molecule has 0 unspecified atom stereocenters. The molecule has 0 spiro atoms. The van der Waals surface area contributed by atoms with E-state index in [-0.39, 0.29) is 23.4 Å². The third kappa shape index (κ3) is 13.5. The molecular formula is C30H43ClN2O4S. The molecule has 1 aromatic rings. The van der Waals surface area contributed by atoms with Gasteiger partial charge in [0.2, 0.25) is 5.91 Å². The fourth-order valence-corrected chi connectivity index (χ4v) is 4.01. The quantitative estimate of drug-likeness (QED) is 0.169. The van der Waals surface area contributed by atoms with Crippen LogP contribution in [0.25, 0.3) is 5.57 Å². The van der Waals surface area contributed by atoms with E-state index in [1.54, 1.807) is 18.4 Å². The topological polar surface area (TPSA) is 95.8 Å². The molecule has 1 aliphatic carbocycles. The maximum atomic E-state index is 12.6. The van der Waals surface area contributed by atoms with Crippen molar-refractivity contribution in [1.82, 2.24) is 0 Å². The van der Waals surface area contributed by atoms with Crippen LogP contribution < -0.4 is 5.32 Å². The molecule has 0 saturated heterocycles. The lowest BCUT2D eigenvalue weighted by Crippen LogP contribution is -2.14. The number of alkyl halides is 1. The van der Waals surface area contributed by atoms with Gasteiger partial charge in [0.25, 0.3) is 0 Å². The van der Waals surface area contributed by atoms with Crippen LogP contribution in [0.1, 0.15) is 90.1 Å². The monoisotopic (exact) mass is 562 g/mol. The number of rotatable bonds is 10. The third-order valence-electron chi connectivity index (χ3n) is 4.41. The lowest BCUT2D eigenvalue weighted by atomic mass is 10.0. The average Bonchev–Trinajstić information content (AvgIpc) is 3.19. The molecule has 0 atom stereocenters. The number of carbonyl (C=O) groups is 3. The molecule has 1 amide bonds. The first-order valence-electron chi connectivity index (χ1n) is 12.9. The molecule has 210 valence electrons. The van der Waals surface area contributed by atoms with Gasteiger partial charge in [0.05, 0.1) is 6.42 Å². The van der Waals surface area contributed by atoms with Crippen LogP contribution in [0.15, 0.2) is 64.7 Å². The zero-order valence-electron chi connectivity index (χ0n) is 23.8. The van der Waals surface area contributed by atoms with Gasteiger partial charge >= 0.3 is 5.97 Å². The number of anilines is 1. The van der Waals surface area contributed by atoms with Crippen molar-refractivity contribution in [3.63, 3.8) is 0 Å². The molecule has 0 radical (unpaired) electrons. The second kappa shape index (κ2) is 23.1. The number of carboxylic acids is 1. The standard InChI is InChI=1S/C23H23ClN2O4S.C3H8.2C2H6/c1-3-17(10-11-27)25-18(4-2)12-20(28)26-22-21(23(29)30)19(14-31-22)16-7-5-6-15(13-24)8-9-16;1-3-2;2*1-2/h3-4,6-9,11,14H,1,5,10,12-13H2,2H3,(H,26,28)(H,29,30);3H2,1-2H3;2*1-2H3/b18-4-,25-17?;;;. The molecule has 0 saturated carbocycles. The molecule has 2 N–H and O–H groups in total. The Morgan fingerprint density at radius 3 is 2.32 bits per heavy atom. The van der Waals surface area contributed by atoms with Crippen LogP contribution in [0.2, 0.25) is 0 Å². The fraction of sp³-hybridized carbons (Fsp3) is 0.400. The van der Waals surface area contributed by atoms with Gasteiger partial charge in [-0.25, -0.2) is 4.79 Å². The maximum absolute atomic E-state index is 12.6. The number of thiophene rings is 1. The van der Waals surface area contributed by atoms with Crippen LogP contribution in [-0.2, 0) is 9.59 Å². The number of carbonyl (C=O) groups excluding carboxylic acids is 2. The summed E-state index contributed by atoms with van der Waals surface area (Å²) in [4.78, 5) is 39.5. The van der Waals surface area contributed by atoms with Crippen LogP contribution in [0.5, 0.6) is 0 Å². The fourth-order valence-electron chi connectivity index (χ4n) is 2.83. The van der Waals surface area contributed by atoms with Gasteiger partial charge in [0.15, 0.2) is 0 Å². The first kappa shape index (κ1) is 37.1. The van der Waals surface area contributed by atoms with Gasteiger partial charge in [0, 0.05) is 34.7 Å². The number of carboxylic acid groups (broad SMARTS) is 1. The van der Waals surface area contributed by atoms with Crippen LogP contribution >= 0.6 is 22.9 Å². The summed E-state index contributed by atoms with van der Waals surface area (Å²) >= 11 is 7.04. The number of amides is 1. The van der Waals surface area contributed by atoms with E-state index < -0.39 is 11.9 Å².